The Morgan fingerprint density at radius 1 is 1.33 bits per heavy atom. The Morgan fingerprint density at radius 3 is 2.48 bits per heavy atom. The summed E-state index contributed by atoms with van der Waals surface area (Å²) in [5, 5.41) is 2.53. The number of alkyl halides is 3. The Balaban J connectivity index is 2.42. The van der Waals surface area contributed by atoms with Crippen molar-refractivity contribution in [2.24, 2.45) is 5.92 Å². The van der Waals surface area contributed by atoms with Crippen LogP contribution >= 0.6 is 0 Å². The van der Waals surface area contributed by atoms with Crippen molar-refractivity contribution in [3.8, 4) is 0 Å². The van der Waals surface area contributed by atoms with Gasteiger partial charge in [0.05, 0.1) is 16.8 Å². The van der Waals surface area contributed by atoms with E-state index in [4.69, 9.17) is 0 Å². The smallest absolute Gasteiger partial charge is 0.387 e. The highest BCUT2D eigenvalue weighted by atomic mass is 19.4. The summed E-state index contributed by atoms with van der Waals surface area (Å²) < 4.78 is 39.1. The zero-order valence-electron chi connectivity index (χ0n) is 12.3. The van der Waals surface area contributed by atoms with Crippen molar-refractivity contribution in [1.29, 1.82) is 0 Å². The van der Waals surface area contributed by atoms with Gasteiger partial charge in [-0.1, -0.05) is 13.0 Å². The van der Waals surface area contributed by atoms with Gasteiger partial charge in [0, 0.05) is 19.6 Å². The van der Waals surface area contributed by atoms with E-state index in [2.05, 4.69) is 5.32 Å². The van der Waals surface area contributed by atoms with Crippen LogP contribution in [0, 0.1) is 5.92 Å². The quantitative estimate of drug-likeness (QED) is 0.905. The molecule has 0 radical (unpaired) electrons. The van der Waals surface area contributed by atoms with Crippen LogP contribution in [0.3, 0.4) is 0 Å². The minimum atomic E-state index is -4.49. The molecule has 116 valence electrons. The normalized spacial score (nSPS) is 22.5. The Morgan fingerprint density at radius 2 is 2.00 bits per heavy atom. The number of hydrogen-bond donors (Lipinski definition) is 1. The fourth-order valence-corrected chi connectivity index (χ4v) is 2.97. The van der Waals surface area contributed by atoms with E-state index >= 15 is 0 Å². The number of amides is 1. The van der Waals surface area contributed by atoms with Gasteiger partial charge in [-0.2, -0.15) is 13.2 Å². The molecular formula is C15H19F3N2O. The van der Waals surface area contributed by atoms with Crippen molar-refractivity contribution in [3.05, 3.63) is 29.3 Å². The maximum atomic E-state index is 13.0. The van der Waals surface area contributed by atoms with E-state index in [1.807, 2.05) is 13.8 Å². The topological polar surface area (TPSA) is 32.3 Å². The first-order valence-corrected chi connectivity index (χ1v) is 6.94. The van der Waals surface area contributed by atoms with Gasteiger partial charge in [-0.3, -0.25) is 4.79 Å². The van der Waals surface area contributed by atoms with E-state index in [1.165, 1.54) is 19.2 Å². The second kappa shape index (κ2) is 5.58. The summed E-state index contributed by atoms with van der Waals surface area (Å²) in [5.74, 6) is 0.0232. The molecule has 1 aliphatic heterocycles. The molecule has 1 fully saturated rings. The van der Waals surface area contributed by atoms with Gasteiger partial charge in [-0.25, -0.2) is 0 Å². The third-order valence-electron chi connectivity index (χ3n) is 3.90. The first-order chi connectivity index (χ1) is 9.75. The van der Waals surface area contributed by atoms with Crippen LogP contribution in [0.1, 0.15) is 36.2 Å². The summed E-state index contributed by atoms with van der Waals surface area (Å²) in [7, 11) is 1.40. The lowest BCUT2D eigenvalue weighted by atomic mass is 10.0. The number of rotatable bonds is 2. The third kappa shape index (κ3) is 2.99. The van der Waals surface area contributed by atoms with Crippen molar-refractivity contribution >= 4 is 11.6 Å². The standard InChI is InChI=1S/C15H19F3N2O/c1-9-7-10(2)20(8-9)14(21)11-5-4-6-12(13(11)19-3)15(16,17)18/h4-6,9-10,19H,7-8H2,1-3H3. The number of anilines is 1. The minimum Gasteiger partial charge on any atom is -0.387 e. The van der Waals surface area contributed by atoms with Crippen molar-refractivity contribution < 1.29 is 18.0 Å². The molecule has 1 saturated heterocycles. The predicted molar refractivity (Wildman–Crippen MR) is 75.3 cm³/mol. The predicted octanol–water partition coefficient (Wildman–Crippen LogP) is 3.62. The van der Waals surface area contributed by atoms with Gasteiger partial charge < -0.3 is 10.2 Å². The number of para-hydroxylation sites is 1. The van der Waals surface area contributed by atoms with Gasteiger partial charge in [0.15, 0.2) is 0 Å². The van der Waals surface area contributed by atoms with Gasteiger partial charge in [0.2, 0.25) is 0 Å². The van der Waals surface area contributed by atoms with Crippen LogP contribution in [0.15, 0.2) is 18.2 Å². The molecule has 0 saturated carbocycles. The zero-order chi connectivity index (χ0) is 15.8. The Labute approximate surface area is 122 Å². The van der Waals surface area contributed by atoms with Crippen molar-refractivity contribution in [1.82, 2.24) is 4.90 Å². The number of nitrogens with one attached hydrogen (secondary N) is 1. The number of likely N-dealkylation sites (tertiary alicyclic amines) is 1. The molecule has 0 aliphatic carbocycles. The summed E-state index contributed by atoms with van der Waals surface area (Å²) in [6.45, 7) is 4.54. The van der Waals surface area contributed by atoms with Crippen LogP contribution in [0.25, 0.3) is 0 Å². The molecule has 3 nitrogen and oxygen atoms in total. The monoisotopic (exact) mass is 300 g/mol. The molecule has 1 aromatic carbocycles. The van der Waals surface area contributed by atoms with Crippen LogP contribution in [0.5, 0.6) is 0 Å². The Bertz CT molecular complexity index is 542. The first kappa shape index (κ1) is 15.7. The number of benzene rings is 1. The second-order valence-electron chi connectivity index (χ2n) is 5.62. The molecule has 1 N–H and O–H groups in total. The van der Waals surface area contributed by atoms with Gasteiger partial charge in [0.25, 0.3) is 5.91 Å². The number of hydrogen-bond acceptors (Lipinski definition) is 2. The maximum Gasteiger partial charge on any atom is 0.418 e. The van der Waals surface area contributed by atoms with Crippen LogP contribution in [-0.2, 0) is 6.18 Å². The Hall–Kier alpha value is -1.72. The van der Waals surface area contributed by atoms with Gasteiger partial charge in [-0.05, 0) is 31.4 Å². The van der Waals surface area contributed by atoms with E-state index < -0.39 is 11.7 Å². The van der Waals surface area contributed by atoms with Gasteiger partial charge in [0.1, 0.15) is 0 Å². The summed E-state index contributed by atoms with van der Waals surface area (Å²) in [4.78, 5) is 14.2. The average Bonchev–Trinajstić information content (AvgIpc) is 2.75. The van der Waals surface area contributed by atoms with Crippen molar-refractivity contribution in [2.45, 2.75) is 32.5 Å². The van der Waals surface area contributed by atoms with Crippen LogP contribution in [0.2, 0.25) is 0 Å². The molecule has 2 unspecified atom stereocenters. The molecule has 1 aromatic rings. The fourth-order valence-electron chi connectivity index (χ4n) is 2.97. The highest BCUT2D eigenvalue weighted by Gasteiger charge is 2.37. The van der Waals surface area contributed by atoms with E-state index in [1.54, 1.807) is 4.90 Å². The SMILES string of the molecule is CNc1c(C(=O)N2CC(C)CC2C)cccc1C(F)(F)F. The molecule has 1 heterocycles. The second-order valence-corrected chi connectivity index (χ2v) is 5.62. The zero-order valence-corrected chi connectivity index (χ0v) is 12.3. The lowest BCUT2D eigenvalue weighted by Crippen LogP contribution is -2.34. The summed E-state index contributed by atoms with van der Waals surface area (Å²) in [5.41, 5.74) is -0.884. The minimum absolute atomic E-state index is 0.0479. The highest BCUT2D eigenvalue weighted by molar-refractivity contribution is 6.00. The summed E-state index contributed by atoms with van der Waals surface area (Å²) in [6.07, 6.45) is -3.61. The van der Waals surface area contributed by atoms with E-state index in [9.17, 15) is 18.0 Å². The number of carbonyl (C=O) groups excluding carboxylic acids is 1. The van der Waals surface area contributed by atoms with E-state index in [0.29, 0.717) is 12.5 Å². The van der Waals surface area contributed by atoms with Gasteiger partial charge in [-0.15, -0.1) is 0 Å². The lowest BCUT2D eigenvalue weighted by Gasteiger charge is -2.24. The van der Waals surface area contributed by atoms with Gasteiger partial charge >= 0.3 is 6.18 Å². The van der Waals surface area contributed by atoms with E-state index in [0.717, 1.165) is 12.5 Å². The molecular weight excluding hydrogens is 281 g/mol. The molecule has 2 atom stereocenters. The summed E-state index contributed by atoms with van der Waals surface area (Å²) in [6, 6.07) is 3.76. The molecule has 0 aromatic heterocycles. The molecule has 1 aliphatic rings. The lowest BCUT2D eigenvalue weighted by molar-refractivity contribution is -0.136. The average molecular weight is 300 g/mol. The fraction of sp³-hybridized carbons (Fsp3) is 0.533. The van der Waals surface area contributed by atoms with Crippen LogP contribution in [-0.4, -0.2) is 30.4 Å². The molecule has 2 rings (SSSR count). The first-order valence-electron chi connectivity index (χ1n) is 6.94. The van der Waals surface area contributed by atoms with Crippen molar-refractivity contribution in [3.63, 3.8) is 0 Å². The molecule has 0 spiro atoms. The number of nitrogens with zero attached hydrogens (tertiary/aromatic N) is 1. The third-order valence-corrected chi connectivity index (χ3v) is 3.90. The maximum absolute atomic E-state index is 13.0. The number of halogens is 3. The van der Waals surface area contributed by atoms with Crippen molar-refractivity contribution in [2.75, 3.05) is 18.9 Å². The molecule has 6 heteroatoms. The molecule has 0 bridgehead atoms. The largest absolute Gasteiger partial charge is 0.418 e. The van der Waals surface area contributed by atoms with Crippen LogP contribution < -0.4 is 5.32 Å². The van der Waals surface area contributed by atoms with Crippen LogP contribution in [0.4, 0.5) is 18.9 Å². The van der Waals surface area contributed by atoms with E-state index in [-0.39, 0.29) is 23.2 Å². The number of carbonyl (C=O) groups is 1. The summed E-state index contributed by atoms with van der Waals surface area (Å²) >= 11 is 0. The molecule has 1 amide bonds. The highest BCUT2D eigenvalue weighted by Crippen LogP contribution is 2.37. The Kier molecular flexibility index (Phi) is 4.16. The molecule has 21 heavy (non-hydrogen) atoms.